The number of hydrogen-bond acceptors (Lipinski definition) is 2. The molecule has 0 spiro atoms. The summed E-state index contributed by atoms with van der Waals surface area (Å²) in [6, 6.07) is -14.2. The third-order valence-corrected chi connectivity index (χ3v) is 27.5. The summed E-state index contributed by atoms with van der Waals surface area (Å²) in [4.78, 5) is 4.86. The van der Waals surface area contributed by atoms with E-state index in [9.17, 15) is 48.0 Å². The van der Waals surface area contributed by atoms with Gasteiger partial charge in [-0.05, 0) is 149 Å². The molecule has 0 saturated heterocycles. The van der Waals surface area contributed by atoms with Crippen LogP contribution in [0.25, 0.3) is 83.4 Å². The molecule has 0 bridgehead atoms. The van der Waals surface area contributed by atoms with E-state index in [1.807, 2.05) is 107 Å². The Hall–Kier alpha value is -11.6. The quantitative estimate of drug-likeness (QED) is 0.0418. The van der Waals surface area contributed by atoms with Crippen molar-refractivity contribution in [3.05, 3.63) is 392 Å². The second-order valence-corrected chi connectivity index (χ2v) is 36.1. The molecule has 8 heteroatoms. The molecule has 0 unspecified atom stereocenters. The van der Waals surface area contributed by atoms with Crippen molar-refractivity contribution in [2.24, 2.45) is 0 Å². The zero-order valence-electron chi connectivity index (χ0n) is 99.6. The number of fused-ring (bicyclic) bond motifs is 4. The topological polar surface area (TPSA) is 35.9 Å². The summed E-state index contributed by atoms with van der Waals surface area (Å²) in [7, 11) is -14.2. The van der Waals surface area contributed by atoms with E-state index >= 15 is 0 Å². The van der Waals surface area contributed by atoms with Crippen LogP contribution in [0.5, 0.6) is 11.5 Å². The maximum absolute atomic E-state index is 11.8. The molecule has 0 saturated carbocycles. The van der Waals surface area contributed by atoms with Crippen molar-refractivity contribution < 1.29 is 83.8 Å². The standard InChI is InChI=1S/C102H86N4OSi2.Pt/c1-100(2,3)77-59-60-103-98(68-77)106-93-54-32-31-53-90(93)91-57-56-82(70-95(91)106)107-81-39-34-38-80(69-81)104-71-105(94-58-55-73(65-96(94)104)75-61-78(101(4,5)6)67-79(62-75)102(7,8)9)99-92(74-37-33-52-89(63-74)108(83-40-19-11-20-41-83,84-42-21-12-22-43-84)85-44-23-13-24-45-85)64-76(72-35-17-10-18-36-72)66-97(99)109(86-46-25-14-26-47-86,87-48-27-15-28-49-87)88-50-29-16-30-51-88;/h10-68H,1-9H3;/q-2;/i10D,11D,12D,13D,14D,15D,16D,17D,18D,19D,20D,21D,22D,23D,24D,25D,26D,27D,28D,29D,30D,33D,35D,36D,37D,40D,41D,42D,43D,44D,45D,46D,47D,48D,49D,50D,51D,52D,63D;. The van der Waals surface area contributed by atoms with Crippen LogP contribution in [-0.4, -0.2) is 30.3 Å². The van der Waals surface area contributed by atoms with Crippen LogP contribution in [0.3, 0.4) is 0 Å². The molecule has 17 rings (SSSR count). The average Bonchev–Trinajstić information content (AvgIpc) is 1.51. The van der Waals surface area contributed by atoms with Gasteiger partial charge in [-0.15, -0.1) is 29.7 Å². The Labute approximate surface area is 718 Å². The van der Waals surface area contributed by atoms with Gasteiger partial charge in [-0.2, -0.15) is 18.2 Å². The fraction of sp³-hybridized carbons (Fsp3) is 0.118. The van der Waals surface area contributed by atoms with E-state index in [4.69, 9.17) is 15.2 Å². The van der Waals surface area contributed by atoms with Gasteiger partial charge in [-0.25, -0.2) is 4.98 Å². The van der Waals surface area contributed by atoms with Gasteiger partial charge in [0, 0.05) is 44.3 Å². The Morgan fingerprint density at radius 2 is 0.891 bits per heavy atom. The molecule has 0 N–H and O–H groups in total. The molecule has 0 fully saturated rings. The van der Waals surface area contributed by atoms with Gasteiger partial charge in [0.05, 0.1) is 70.2 Å². The Bertz CT molecular complexity index is 8160. The third kappa shape index (κ3) is 13.2. The Balaban J connectivity index is 0.0000158. The monoisotopic (exact) mass is 1670 g/mol. The summed E-state index contributed by atoms with van der Waals surface area (Å²) in [6.07, 6.45) is 5.07. The van der Waals surface area contributed by atoms with Crippen LogP contribution in [0.15, 0.2) is 357 Å². The van der Waals surface area contributed by atoms with Crippen LogP contribution >= 0.6 is 0 Å². The molecule has 0 atom stereocenters. The third-order valence-electron chi connectivity index (χ3n) is 19.3. The first-order valence-electron chi connectivity index (χ1n) is 54.2. The molecule has 3 heterocycles. The van der Waals surface area contributed by atoms with Crippen molar-refractivity contribution in [2.75, 3.05) is 0 Å². The van der Waals surface area contributed by atoms with Crippen molar-refractivity contribution in [1.82, 2.24) is 14.1 Å². The van der Waals surface area contributed by atoms with E-state index in [1.165, 1.54) is 28.8 Å². The molecule has 0 aliphatic heterocycles. The van der Waals surface area contributed by atoms with E-state index in [-0.39, 0.29) is 54.7 Å². The summed E-state index contributed by atoms with van der Waals surface area (Å²) >= 11 is 0. The van der Waals surface area contributed by atoms with Gasteiger partial charge in [0.2, 0.25) is 0 Å². The summed E-state index contributed by atoms with van der Waals surface area (Å²) in [5.41, 5.74) is -2.54. The molecule has 110 heavy (non-hydrogen) atoms. The minimum atomic E-state index is -7.17. The van der Waals surface area contributed by atoms with Gasteiger partial charge in [0.25, 0.3) is 6.33 Å². The zero-order chi connectivity index (χ0) is 109. The fourth-order valence-electron chi connectivity index (χ4n) is 13.9. The van der Waals surface area contributed by atoms with Crippen LogP contribution in [0.1, 0.15) is 132 Å². The number of benzene rings is 14. The van der Waals surface area contributed by atoms with Crippen molar-refractivity contribution in [2.45, 2.75) is 78.6 Å². The van der Waals surface area contributed by atoms with E-state index in [0.717, 1.165) is 49.7 Å². The fourth-order valence-corrected chi connectivity index (χ4v) is 21.5. The first-order chi connectivity index (χ1) is 69.1. The van der Waals surface area contributed by atoms with Gasteiger partial charge < -0.3 is 13.9 Å². The molecule has 0 radical (unpaired) electrons. The van der Waals surface area contributed by atoms with Crippen LogP contribution in [0.2, 0.25) is 0 Å². The number of pyridine rings is 1. The number of nitrogens with zero attached hydrogens (tertiary/aromatic N) is 4. The van der Waals surface area contributed by atoms with Crippen LogP contribution in [-0.2, 0) is 37.3 Å². The van der Waals surface area contributed by atoms with Crippen LogP contribution in [0.4, 0.5) is 0 Å². The number of aromatic nitrogens is 4. The normalized spacial score (nSPS) is 17.1. The minimum absolute atomic E-state index is 0. The molecule has 0 aliphatic carbocycles. The van der Waals surface area contributed by atoms with Gasteiger partial charge in [-0.3, -0.25) is 4.57 Å². The maximum atomic E-state index is 11.8. The smallest absolute Gasteiger partial charge is 0.268 e. The summed E-state index contributed by atoms with van der Waals surface area (Å²) in [5, 5.41) is -8.87. The zero-order valence-corrected chi connectivity index (χ0v) is 64.8. The summed E-state index contributed by atoms with van der Waals surface area (Å²) in [5.74, 6) is 0.542. The van der Waals surface area contributed by atoms with Crippen molar-refractivity contribution in [3.63, 3.8) is 0 Å². The Kier molecular flexibility index (Phi) is 10.8. The molecule has 0 aliphatic rings. The Morgan fingerprint density at radius 1 is 0.391 bits per heavy atom. The number of imidazole rings is 1. The van der Waals surface area contributed by atoms with Gasteiger partial charge >= 0.3 is 0 Å². The molecule has 5 nitrogen and oxygen atoms in total. The predicted octanol–water partition coefficient (Wildman–Crippen LogP) is 19.2. The first kappa shape index (κ1) is 40.2. The largest absolute Gasteiger partial charge is 0.510 e. The molecular formula is C102H86N4OPtSi2-2. The van der Waals surface area contributed by atoms with E-state index in [2.05, 4.69) is 39.2 Å². The average molecular weight is 1670 g/mol. The second-order valence-electron chi connectivity index (χ2n) is 29.0. The molecule has 14 aromatic carbocycles. The molecule has 540 valence electrons. The van der Waals surface area contributed by atoms with Crippen LogP contribution in [0, 0.1) is 18.5 Å². The molecule has 0 amide bonds. The van der Waals surface area contributed by atoms with E-state index in [0.29, 0.717) is 22.5 Å². The molecule has 17 aromatic rings. The van der Waals surface area contributed by atoms with E-state index in [1.54, 1.807) is 24.4 Å². The summed E-state index contributed by atoms with van der Waals surface area (Å²) in [6.45, 7) is 18.1. The number of para-hydroxylation sites is 1. The second kappa shape index (κ2) is 29.4. The number of rotatable bonds is 16. The molecular weight excluding hydrogens is 1550 g/mol. The van der Waals surface area contributed by atoms with Crippen molar-refractivity contribution >= 4 is 90.5 Å². The number of ether oxygens (including phenoxy) is 1. The first-order valence-corrected chi connectivity index (χ1v) is 38.7. The number of hydrogen-bond donors (Lipinski definition) is 0. The maximum Gasteiger partial charge on any atom is 0.268 e. The minimum Gasteiger partial charge on any atom is -0.510 e. The van der Waals surface area contributed by atoms with Crippen molar-refractivity contribution in [3.8, 4) is 62.1 Å². The van der Waals surface area contributed by atoms with Crippen LogP contribution < -0.4 is 50.8 Å². The van der Waals surface area contributed by atoms with Gasteiger partial charge in [0.1, 0.15) is 5.82 Å². The van der Waals surface area contributed by atoms with Gasteiger partial charge in [0.15, 0.2) is 16.1 Å². The molecule has 3 aromatic heterocycles. The summed E-state index contributed by atoms with van der Waals surface area (Å²) < 4.78 is 401. The SMILES string of the molecule is [2H]c1c([2H])c([2H])c(-c2cc(-c3c([2H])c([2H])c([2H])c([Si](c4c([2H])c([2H])c([2H])c([2H])c4[2H])(c4c([2H])c([2H])c([2H])c([2H])c4[2H])c4c([2H])c([2H])c([2H])c([2H])c4[2H])c3[2H])c(-[n+]3[c-]n(-c4[c-]c(Oc5[c-]c6c(cc5)c5ccccc5n6-c5cc(C(C)(C)C)ccn5)ccc4)c4cc(-c5cc(C(C)(C)C)cc(C(C)(C)C)c5)ccc43)c([Si](c3c([2H])c([2H])c([2H])c([2H])c3[2H])(c3c([2H])c([2H])c([2H])c([2H])c3[2H])c3c([2H])c([2H])c([2H])c([2H])c3[2H])c2)c([2H])c1[2H].[Pt]. The predicted molar refractivity (Wildman–Crippen MR) is 460 cm³/mol. The van der Waals surface area contributed by atoms with Crippen molar-refractivity contribution in [1.29, 1.82) is 0 Å². The van der Waals surface area contributed by atoms with Gasteiger partial charge in [-0.1, -0.05) is 358 Å². The Morgan fingerprint density at radius 3 is 1.45 bits per heavy atom. The van der Waals surface area contributed by atoms with E-state index < -0.39 is 332 Å².